The van der Waals surface area contributed by atoms with Crippen LogP contribution in [-0.2, 0) is 6.42 Å². The van der Waals surface area contributed by atoms with Crippen molar-refractivity contribution in [2.45, 2.75) is 32.4 Å². The van der Waals surface area contributed by atoms with Gasteiger partial charge in [-0.25, -0.2) is 0 Å². The smallest absolute Gasteiger partial charge is 0.269 e. The highest BCUT2D eigenvalue weighted by Crippen LogP contribution is 2.36. The summed E-state index contributed by atoms with van der Waals surface area (Å²) in [7, 11) is 0. The highest BCUT2D eigenvalue weighted by atomic mass is 16.1. The van der Waals surface area contributed by atoms with Gasteiger partial charge in [0.05, 0.1) is 12.1 Å². The molecule has 1 aliphatic heterocycles. The van der Waals surface area contributed by atoms with Gasteiger partial charge in [-0.2, -0.15) is 5.10 Å². The number of benzene rings is 2. The Bertz CT molecular complexity index is 920. The molecule has 1 fully saturated rings. The van der Waals surface area contributed by atoms with Crippen molar-refractivity contribution in [1.29, 1.82) is 0 Å². The average molecular weight is 374 g/mol. The molecule has 2 heterocycles. The predicted molar refractivity (Wildman–Crippen MR) is 110 cm³/mol. The summed E-state index contributed by atoms with van der Waals surface area (Å²) in [5.74, 6) is -0.450. The number of hydrogen-bond donors (Lipinski definition) is 1. The van der Waals surface area contributed by atoms with Gasteiger partial charge in [-0.05, 0) is 24.5 Å². The minimum absolute atomic E-state index is 0.219. The lowest BCUT2D eigenvalue weighted by Gasteiger charge is -2.45. The Morgan fingerprint density at radius 2 is 1.61 bits per heavy atom. The number of aromatic nitrogens is 2. The first-order chi connectivity index (χ1) is 13.6. The summed E-state index contributed by atoms with van der Waals surface area (Å²) in [5.41, 5.74) is 10.5. The molecule has 0 atom stereocenters. The van der Waals surface area contributed by atoms with Gasteiger partial charge in [-0.3, -0.25) is 14.4 Å². The topological polar surface area (TPSA) is 64.2 Å². The summed E-state index contributed by atoms with van der Waals surface area (Å²) in [5, 5.41) is 4.56. The molecule has 0 aliphatic carbocycles. The number of primary amides is 1. The molecule has 1 amide bonds. The third kappa shape index (κ3) is 3.22. The van der Waals surface area contributed by atoms with Gasteiger partial charge >= 0.3 is 0 Å². The molecule has 4 rings (SSSR count). The van der Waals surface area contributed by atoms with Crippen LogP contribution in [0, 0.1) is 6.92 Å². The molecule has 0 bridgehead atoms. The SMILES string of the molecule is CCc1c(C)c(C(N)=O)nn1C1CN(C(c2ccccc2)c2ccccc2)C1. The second-order valence-electron chi connectivity index (χ2n) is 7.41. The molecular weight excluding hydrogens is 348 g/mol. The van der Waals surface area contributed by atoms with Gasteiger partial charge in [0.15, 0.2) is 5.69 Å². The predicted octanol–water partition coefficient (Wildman–Crippen LogP) is 3.50. The summed E-state index contributed by atoms with van der Waals surface area (Å²) in [4.78, 5) is 14.2. The molecule has 1 aromatic heterocycles. The fourth-order valence-corrected chi connectivity index (χ4v) is 4.25. The number of rotatable bonds is 6. The summed E-state index contributed by atoms with van der Waals surface area (Å²) in [6, 6.07) is 21.7. The number of likely N-dealkylation sites (tertiary alicyclic amines) is 1. The lowest BCUT2D eigenvalue weighted by Crippen LogP contribution is -2.50. The van der Waals surface area contributed by atoms with Crippen LogP contribution >= 0.6 is 0 Å². The van der Waals surface area contributed by atoms with E-state index in [0.29, 0.717) is 5.69 Å². The average Bonchev–Trinajstić information content (AvgIpc) is 3.01. The molecule has 0 unspecified atom stereocenters. The van der Waals surface area contributed by atoms with Crippen molar-refractivity contribution >= 4 is 5.91 Å². The van der Waals surface area contributed by atoms with Crippen molar-refractivity contribution < 1.29 is 4.79 Å². The molecule has 144 valence electrons. The Kier molecular flexibility index (Phi) is 5.01. The fraction of sp³-hybridized carbons (Fsp3) is 0.304. The third-order valence-corrected chi connectivity index (χ3v) is 5.67. The number of nitrogens with zero attached hydrogens (tertiary/aromatic N) is 3. The van der Waals surface area contributed by atoms with E-state index in [1.165, 1.54) is 11.1 Å². The first kappa shape index (κ1) is 18.4. The van der Waals surface area contributed by atoms with Gasteiger partial charge in [0, 0.05) is 24.3 Å². The summed E-state index contributed by atoms with van der Waals surface area (Å²) >= 11 is 0. The molecule has 1 aliphatic rings. The number of nitrogens with two attached hydrogens (primary N) is 1. The van der Waals surface area contributed by atoms with E-state index in [1.807, 2.05) is 11.6 Å². The van der Waals surface area contributed by atoms with E-state index in [2.05, 4.69) is 77.6 Å². The second kappa shape index (κ2) is 7.60. The molecule has 0 spiro atoms. The van der Waals surface area contributed by atoms with E-state index in [1.54, 1.807) is 0 Å². The van der Waals surface area contributed by atoms with Gasteiger partial charge in [0.2, 0.25) is 0 Å². The van der Waals surface area contributed by atoms with Crippen LogP contribution in [0.3, 0.4) is 0 Å². The van der Waals surface area contributed by atoms with Gasteiger partial charge in [-0.1, -0.05) is 67.6 Å². The first-order valence-corrected chi connectivity index (χ1v) is 9.81. The Labute approximate surface area is 165 Å². The Morgan fingerprint density at radius 1 is 1.07 bits per heavy atom. The Hall–Kier alpha value is -2.92. The maximum Gasteiger partial charge on any atom is 0.269 e. The molecule has 28 heavy (non-hydrogen) atoms. The highest BCUT2D eigenvalue weighted by molar-refractivity contribution is 5.92. The van der Waals surface area contributed by atoms with Crippen LogP contribution in [0.1, 0.15) is 51.9 Å². The summed E-state index contributed by atoms with van der Waals surface area (Å²) in [6.07, 6.45) is 0.837. The van der Waals surface area contributed by atoms with E-state index in [4.69, 9.17) is 5.73 Å². The molecule has 1 saturated heterocycles. The molecule has 0 radical (unpaired) electrons. The minimum Gasteiger partial charge on any atom is -0.364 e. The second-order valence-corrected chi connectivity index (χ2v) is 7.41. The van der Waals surface area contributed by atoms with E-state index in [-0.39, 0.29) is 12.1 Å². The van der Waals surface area contributed by atoms with E-state index in [9.17, 15) is 4.79 Å². The molecule has 0 saturated carbocycles. The van der Waals surface area contributed by atoms with Crippen molar-refractivity contribution in [2.75, 3.05) is 13.1 Å². The number of carbonyl (C=O) groups is 1. The van der Waals surface area contributed by atoms with Crippen LogP contribution in [0.15, 0.2) is 60.7 Å². The van der Waals surface area contributed by atoms with Crippen LogP contribution in [0.5, 0.6) is 0 Å². The molecule has 5 heteroatoms. The van der Waals surface area contributed by atoms with Gasteiger partial charge in [0.25, 0.3) is 5.91 Å². The summed E-state index contributed by atoms with van der Waals surface area (Å²) < 4.78 is 2.03. The molecular formula is C23H26N4O. The third-order valence-electron chi connectivity index (χ3n) is 5.67. The van der Waals surface area contributed by atoms with Crippen LogP contribution in [0.4, 0.5) is 0 Å². The van der Waals surface area contributed by atoms with Gasteiger partial charge in [0.1, 0.15) is 0 Å². The fourth-order valence-electron chi connectivity index (χ4n) is 4.25. The molecule has 2 N–H and O–H groups in total. The standard InChI is InChI=1S/C23H26N4O/c1-3-20-16(2)21(23(24)28)25-27(20)19-14-26(15-19)22(17-10-6-4-7-11-17)18-12-8-5-9-13-18/h4-13,19,22H,3,14-15H2,1-2H3,(H2,24,28). The number of carbonyl (C=O) groups excluding carboxylic acids is 1. The van der Waals surface area contributed by atoms with Crippen molar-refractivity contribution in [1.82, 2.24) is 14.7 Å². The quantitative estimate of drug-likeness (QED) is 0.718. The molecule has 5 nitrogen and oxygen atoms in total. The van der Waals surface area contributed by atoms with Gasteiger partial charge in [-0.15, -0.1) is 0 Å². The number of hydrogen-bond acceptors (Lipinski definition) is 3. The number of amides is 1. The first-order valence-electron chi connectivity index (χ1n) is 9.81. The Morgan fingerprint density at radius 3 is 2.07 bits per heavy atom. The van der Waals surface area contributed by atoms with Gasteiger partial charge < -0.3 is 5.73 Å². The Balaban J connectivity index is 1.61. The largest absolute Gasteiger partial charge is 0.364 e. The minimum atomic E-state index is -0.450. The lowest BCUT2D eigenvalue weighted by atomic mass is 9.93. The van der Waals surface area contributed by atoms with Crippen LogP contribution < -0.4 is 5.73 Å². The maximum atomic E-state index is 11.7. The molecule has 2 aromatic carbocycles. The van der Waals surface area contributed by atoms with Crippen LogP contribution in [0.25, 0.3) is 0 Å². The van der Waals surface area contributed by atoms with E-state index < -0.39 is 5.91 Å². The normalized spacial score (nSPS) is 15.0. The van der Waals surface area contributed by atoms with Crippen molar-refractivity contribution in [3.63, 3.8) is 0 Å². The maximum absolute atomic E-state index is 11.7. The van der Waals surface area contributed by atoms with Crippen LogP contribution in [-0.4, -0.2) is 33.7 Å². The van der Waals surface area contributed by atoms with E-state index in [0.717, 1.165) is 30.8 Å². The zero-order chi connectivity index (χ0) is 19.7. The highest BCUT2D eigenvalue weighted by Gasteiger charge is 2.37. The van der Waals surface area contributed by atoms with Crippen molar-refractivity contribution in [3.05, 3.63) is 88.7 Å². The summed E-state index contributed by atoms with van der Waals surface area (Å²) in [6.45, 7) is 5.82. The zero-order valence-electron chi connectivity index (χ0n) is 16.4. The molecule has 3 aromatic rings. The van der Waals surface area contributed by atoms with E-state index >= 15 is 0 Å². The lowest BCUT2D eigenvalue weighted by molar-refractivity contribution is 0.0661. The van der Waals surface area contributed by atoms with Crippen molar-refractivity contribution in [2.24, 2.45) is 5.73 Å². The van der Waals surface area contributed by atoms with Crippen LogP contribution in [0.2, 0.25) is 0 Å². The van der Waals surface area contributed by atoms with Crippen molar-refractivity contribution in [3.8, 4) is 0 Å². The monoisotopic (exact) mass is 374 g/mol. The zero-order valence-corrected chi connectivity index (χ0v) is 16.4.